The molecular formula is C12H12O4S. The summed E-state index contributed by atoms with van der Waals surface area (Å²) in [7, 11) is -3.28. The predicted molar refractivity (Wildman–Crippen MR) is 60.7 cm³/mol. The Morgan fingerprint density at radius 2 is 2.00 bits per heavy atom. The number of sulfone groups is 1. The number of aryl methyl sites for hydroxylation is 1. The van der Waals surface area contributed by atoms with Gasteiger partial charge in [0.15, 0.2) is 9.84 Å². The number of rotatable bonds is 2. The van der Waals surface area contributed by atoms with Crippen LogP contribution in [0.15, 0.2) is 23.1 Å². The van der Waals surface area contributed by atoms with E-state index in [0.29, 0.717) is 29.7 Å². The van der Waals surface area contributed by atoms with Gasteiger partial charge in [0.25, 0.3) is 0 Å². The number of fused-ring (bicyclic) bond motifs is 1. The van der Waals surface area contributed by atoms with Gasteiger partial charge in [0, 0.05) is 0 Å². The van der Waals surface area contributed by atoms with Crippen LogP contribution in [0, 0.1) is 0 Å². The van der Waals surface area contributed by atoms with Crippen LogP contribution in [0.4, 0.5) is 0 Å². The summed E-state index contributed by atoms with van der Waals surface area (Å²) < 4.78 is 24.0. The second-order valence-corrected chi connectivity index (χ2v) is 6.80. The summed E-state index contributed by atoms with van der Waals surface area (Å²) in [4.78, 5) is 11.6. The van der Waals surface area contributed by atoms with Gasteiger partial charge < -0.3 is 5.11 Å². The first-order valence-corrected chi connectivity index (χ1v) is 7.21. The van der Waals surface area contributed by atoms with E-state index < -0.39 is 21.2 Å². The summed E-state index contributed by atoms with van der Waals surface area (Å²) in [6, 6.07) is 5.20. The molecule has 0 radical (unpaired) electrons. The number of carboxylic acid groups (broad SMARTS) is 1. The SMILES string of the molecule is O=C(O)C1(c2cccc3c2S(=O)(=O)CC3)CC1. The van der Waals surface area contributed by atoms with E-state index in [1.807, 2.05) is 0 Å². The van der Waals surface area contributed by atoms with Crippen molar-refractivity contribution in [3.05, 3.63) is 29.3 Å². The molecular weight excluding hydrogens is 240 g/mol. The molecule has 1 aromatic rings. The lowest BCUT2D eigenvalue weighted by Crippen LogP contribution is -2.22. The third-order valence-electron chi connectivity index (χ3n) is 3.72. The molecule has 4 nitrogen and oxygen atoms in total. The largest absolute Gasteiger partial charge is 0.481 e. The van der Waals surface area contributed by atoms with Crippen molar-refractivity contribution in [2.24, 2.45) is 0 Å². The minimum absolute atomic E-state index is 0.106. The Balaban J connectivity index is 2.28. The van der Waals surface area contributed by atoms with Gasteiger partial charge in [0.05, 0.1) is 16.1 Å². The van der Waals surface area contributed by atoms with Gasteiger partial charge in [-0.2, -0.15) is 0 Å². The zero-order chi connectivity index (χ0) is 12.3. The van der Waals surface area contributed by atoms with E-state index in [9.17, 15) is 18.3 Å². The molecule has 1 aliphatic heterocycles. The maximum absolute atomic E-state index is 12.0. The standard InChI is InChI=1S/C12H12O4S/c13-11(14)12(5-6-12)9-3-1-2-8-4-7-17(15,16)10(8)9/h1-3H,4-7H2,(H,13,14). The van der Waals surface area contributed by atoms with Crippen molar-refractivity contribution in [2.75, 3.05) is 5.75 Å². The molecule has 0 bridgehead atoms. The number of aliphatic carboxylic acids is 1. The molecule has 0 saturated heterocycles. The molecule has 1 saturated carbocycles. The Kier molecular flexibility index (Phi) is 1.96. The van der Waals surface area contributed by atoms with Crippen LogP contribution < -0.4 is 0 Å². The molecule has 1 aliphatic carbocycles. The van der Waals surface area contributed by atoms with Crippen molar-refractivity contribution < 1.29 is 18.3 Å². The summed E-state index contributed by atoms with van der Waals surface area (Å²) in [6.45, 7) is 0. The number of carbonyl (C=O) groups is 1. The van der Waals surface area contributed by atoms with Gasteiger partial charge in [-0.15, -0.1) is 0 Å². The van der Waals surface area contributed by atoms with Crippen molar-refractivity contribution in [3.63, 3.8) is 0 Å². The fraction of sp³-hybridized carbons (Fsp3) is 0.417. The first-order valence-electron chi connectivity index (χ1n) is 5.56. The van der Waals surface area contributed by atoms with E-state index >= 15 is 0 Å². The van der Waals surface area contributed by atoms with Crippen LogP contribution in [0.1, 0.15) is 24.0 Å². The third-order valence-corrected chi connectivity index (χ3v) is 5.57. The van der Waals surface area contributed by atoms with Crippen LogP contribution in [0.5, 0.6) is 0 Å². The number of hydrogen-bond donors (Lipinski definition) is 1. The maximum atomic E-state index is 12.0. The highest BCUT2D eigenvalue weighted by molar-refractivity contribution is 7.91. The van der Waals surface area contributed by atoms with Crippen LogP contribution in [-0.2, 0) is 26.5 Å². The quantitative estimate of drug-likeness (QED) is 0.856. The minimum atomic E-state index is -3.28. The Hall–Kier alpha value is -1.36. The highest BCUT2D eigenvalue weighted by atomic mass is 32.2. The molecule has 17 heavy (non-hydrogen) atoms. The molecule has 5 heteroatoms. The van der Waals surface area contributed by atoms with Crippen molar-refractivity contribution in [2.45, 2.75) is 29.6 Å². The van der Waals surface area contributed by atoms with Gasteiger partial charge in [-0.3, -0.25) is 4.79 Å². The topological polar surface area (TPSA) is 71.4 Å². The van der Waals surface area contributed by atoms with Gasteiger partial charge in [-0.05, 0) is 30.4 Å². The molecule has 3 rings (SSSR count). The third kappa shape index (κ3) is 1.35. The van der Waals surface area contributed by atoms with E-state index in [1.54, 1.807) is 18.2 Å². The van der Waals surface area contributed by atoms with Crippen molar-refractivity contribution in [1.29, 1.82) is 0 Å². The molecule has 1 N–H and O–H groups in total. The normalized spacial score (nSPS) is 23.1. The lowest BCUT2D eigenvalue weighted by Gasteiger charge is -2.14. The smallest absolute Gasteiger partial charge is 0.314 e. The average molecular weight is 252 g/mol. The molecule has 2 aliphatic rings. The molecule has 0 atom stereocenters. The predicted octanol–water partition coefficient (Wildman–Crippen LogP) is 1.13. The van der Waals surface area contributed by atoms with Gasteiger partial charge in [0.1, 0.15) is 0 Å². The summed E-state index contributed by atoms with van der Waals surface area (Å²) in [5.41, 5.74) is 0.331. The minimum Gasteiger partial charge on any atom is -0.481 e. The fourth-order valence-corrected chi connectivity index (χ4v) is 4.46. The lowest BCUT2D eigenvalue weighted by atomic mass is 9.94. The van der Waals surface area contributed by atoms with Gasteiger partial charge in [-0.25, -0.2) is 8.42 Å². The van der Waals surface area contributed by atoms with Gasteiger partial charge in [0.2, 0.25) is 0 Å². The molecule has 0 spiro atoms. The second-order valence-electron chi connectivity index (χ2n) is 4.75. The van der Waals surface area contributed by atoms with Crippen LogP contribution in [0.2, 0.25) is 0 Å². The molecule has 0 unspecified atom stereocenters. The Morgan fingerprint density at radius 1 is 1.29 bits per heavy atom. The average Bonchev–Trinajstić information content (AvgIpc) is 3.02. The molecule has 1 heterocycles. The molecule has 0 amide bonds. The summed E-state index contributed by atoms with van der Waals surface area (Å²) in [6.07, 6.45) is 1.57. The second kappa shape index (κ2) is 3.10. The molecule has 90 valence electrons. The highest BCUT2D eigenvalue weighted by Crippen LogP contribution is 2.51. The Morgan fingerprint density at radius 3 is 2.59 bits per heavy atom. The molecule has 1 fully saturated rings. The first kappa shape index (κ1) is 10.8. The molecule has 0 aromatic heterocycles. The zero-order valence-electron chi connectivity index (χ0n) is 9.14. The summed E-state index contributed by atoms with van der Waals surface area (Å²) in [5, 5.41) is 9.26. The number of hydrogen-bond acceptors (Lipinski definition) is 3. The molecule has 1 aromatic carbocycles. The van der Waals surface area contributed by atoms with E-state index in [-0.39, 0.29) is 5.75 Å². The van der Waals surface area contributed by atoms with E-state index in [4.69, 9.17) is 0 Å². The summed E-state index contributed by atoms with van der Waals surface area (Å²) >= 11 is 0. The Bertz CT molecular complexity index is 611. The van der Waals surface area contributed by atoms with E-state index in [2.05, 4.69) is 0 Å². The maximum Gasteiger partial charge on any atom is 0.314 e. The van der Waals surface area contributed by atoms with Crippen LogP contribution in [0.25, 0.3) is 0 Å². The number of benzene rings is 1. The number of carboxylic acids is 1. The first-order chi connectivity index (χ1) is 7.97. The van der Waals surface area contributed by atoms with Crippen molar-refractivity contribution in [3.8, 4) is 0 Å². The van der Waals surface area contributed by atoms with Gasteiger partial charge >= 0.3 is 5.97 Å². The van der Waals surface area contributed by atoms with Gasteiger partial charge in [-0.1, -0.05) is 18.2 Å². The van der Waals surface area contributed by atoms with E-state index in [1.165, 1.54) is 0 Å². The van der Waals surface area contributed by atoms with E-state index in [0.717, 1.165) is 5.56 Å². The van der Waals surface area contributed by atoms with Crippen LogP contribution >= 0.6 is 0 Å². The van der Waals surface area contributed by atoms with Crippen molar-refractivity contribution in [1.82, 2.24) is 0 Å². The lowest BCUT2D eigenvalue weighted by molar-refractivity contribution is -0.140. The Labute approximate surface area is 99.2 Å². The van der Waals surface area contributed by atoms with Crippen LogP contribution in [-0.4, -0.2) is 25.2 Å². The summed E-state index contributed by atoms with van der Waals surface area (Å²) in [5.74, 6) is -0.803. The monoisotopic (exact) mass is 252 g/mol. The zero-order valence-corrected chi connectivity index (χ0v) is 9.96. The fourth-order valence-electron chi connectivity index (χ4n) is 2.60. The highest BCUT2D eigenvalue weighted by Gasteiger charge is 2.54. The van der Waals surface area contributed by atoms with Crippen LogP contribution in [0.3, 0.4) is 0 Å². The van der Waals surface area contributed by atoms with Crippen molar-refractivity contribution >= 4 is 15.8 Å².